The molecule has 0 spiro atoms. The van der Waals surface area contributed by atoms with E-state index in [0.29, 0.717) is 31.7 Å². The summed E-state index contributed by atoms with van der Waals surface area (Å²) in [6.45, 7) is 4.46. The van der Waals surface area contributed by atoms with Crippen LogP contribution in [0.4, 0.5) is 10.2 Å². The van der Waals surface area contributed by atoms with Crippen molar-refractivity contribution in [1.82, 2.24) is 15.1 Å². The molecular formula is C16H17FN4O. The second kappa shape index (κ2) is 6.09. The molecule has 1 saturated heterocycles. The fourth-order valence-electron chi connectivity index (χ4n) is 2.50. The lowest BCUT2D eigenvalue weighted by molar-refractivity contribution is 0.0746. The Morgan fingerprint density at radius 2 is 1.86 bits per heavy atom. The van der Waals surface area contributed by atoms with Crippen molar-refractivity contribution in [2.24, 2.45) is 0 Å². The highest BCUT2D eigenvalue weighted by Gasteiger charge is 2.23. The molecule has 114 valence electrons. The van der Waals surface area contributed by atoms with Gasteiger partial charge in [-0.2, -0.15) is 5.10 Å². The molecule has 2 aromatic rings. The Morgan fingerprint density at radius 1 is 1.09 bits per heavy atom. The van der Waals surface area contributed by atoms with Gasteiger partial charge in [-0.3, -0.25) is 4.79 Å². The Labute approximate surface area is 128 Å². The molecule has 0 saturated carbocycles. The number of aryl methyl sites for hydroxylation is 1. The van der Waals surface area contributed by atoms with Crippen molar-refractivity contribution in [3.05, 3.63) is 53.5 Å². The van der Waals surface area contributed by atoms with Crippen molar-refractivity contribution in [3.63, 3.8) is 0 Å². The summed E-state index contributed by atoms with van der Waals surface area (Å²) in [7, 11) is 0. The van der Waals surface area contributed by atoms with Crippen molar-refractivity contribution in [2.75, 3.05) is 31.1 Å². The van der Waals surface area contributed by atoms with Crippen molar-refractivity contribution < 1.29 is 9.18 Å². The molecule has 3 rings (SSSR count). The summed E-state index contributed by atoms with van der Waals surface area (Å²) < 4.78 is 13.2. The number of halogens is 1. The lowest BCUT2D eigenvalue weighted by Crippen LogP contribution is -2.49. The minimum Gasteiger partial charge on any atom is -0.352 e. The minimum atomic E-state index is -0.389. The van der Waals surface area contributed by atoms with Gasteiger partial charge >= 0.3 is 0 Å². The number of carbonyl (C=O) groups excluding carboxylic acids is 1. The van der Waals surface area contributed by atoms with Crippen LogP contribution in [0, 0.1) is 12.7 Å². The average Bonchev–Trinajstić information content (AvgIpc) is 2.55. The molecule has 22 heavy (non-hydrogen) atoms. The molecule has 1 fully saturated rings. The van der Waals surface area contributed by atoms with Crippen molar-refractivity contribution in [1.29, 1.82) is 0 Å². The Kier molecular flexibility index (Phi) is 4.00. The number of anilines is 1. The van der Waals surface area contributed by atoms with E-state index in [2.05, 4.69) is 15.1 Å². The van der Waals surface area contributed by atoms with Crippen molar-refractivity contribution in [3.8, 4) is 0 Å². The van der Waals surface area contributed by atoms with Gasteiger partial charge in [-0.15, -0.1) is 5.10 Å². The van der Waals surface area contributed by atoms with Gasteiger partial charge in [0.25, 0.3) is 5.91 Å². The Morgan fingerprint density at radius 3 is 2.50 bits per heavy atom. The largest absolute Gasteiger partial charge is 0.352 e. The molecule has 0 aliphatic carbocycles. The van der Waals surface area contributed by atoms with Gasteiger partial charge in [0.15, 0.2) is 5.82 Å². The summed E-state index contributed by atoms with van der Waals surface area (Å²) in [6, 6.07) is 9.67. The second-order valence-corrected chi connectivity index (χ2v) is 5.32. The SMILES string of the molecule is Cc1ccc(N2CCN(C(=O)c3cccc(F)c3)CC2)nn1. The van der Waals surface area contributed by atoms with E-state index in [-0.39, 0.29) is 11.7 Å². The zero-order valence-corrected chi connectivity index (χ0v) is 12.4. The van der Waals surface area contributed by atoms with Crippen LogP contribution in [-0.4, -0.2) is 47.2 Å². The Hall–Kier alpha value is -2.50. The minimum absolute atomic E-state index is 0.130. The van der Waals surface area contributed by atoms with Crippen molar-refractivity contribution in [2.45, 2.75) is 6.92 Å². The van der Waals surface area contributed by atoms with Gasteiger partial charge in [0.05, 0.1) is 5.69 Å². The van der Waals surface area contributed by atoms with Crippen LogP contribution in [0.1, 0.15) is 16.1 Å². The monoisotopic (exact) mass is 300 g/mol. The average molecular weight is 300 g/mol. The maximum absolute atomic E-state index is 13.2. The number of carbonyl (C=O) groups is 1. The molecular weight excluding hydrogens is 283 g/mol. The van der Waals surface area contributed by atoms with Crippen LogP contribution in [-0.2, 0) is 0 Å². The fourth-order valence-corrected chi connectivity index (χ4v) is 2.50. The van der Waals surface area contributed by atoms with Crippen LogP contribution in [0.15, 0.2) is 36.4 Å². The third-order valence-electron chi connectivity index (χ3n) is 3.75. The van der Waals surface area contributed by atoms with E-state index in [9.17, 15) is 9.18 Å². The maximum Gasteiger partial charge on any atom is 0.254 e. The van der Waals surface area contributed by atoms with Crippen molar-refractivity contribution >= 4 is 11.7 Å². The molecule has 1 aliphatic heterocycles. The number of piperazine rings is 1. The van der Waals surface area contributed by atoms with Crippen LogP contribution in [0.3, 0.4) is 0 Å². The molecule has 1 amide bonds. The van der Waals surface area contributed by atoms with Gasteiger partial charge in [-0.25, -0.2) is 4.39 Å². The molecule has 2 heterocycles. The van der Waals surface area contributed by atoms with Gasteiger partial charge < -0.3 is 9.80 Å². The quantitative estimate of drug-likeness (QED) is 0.850. The number of hydrogen-bond acceptors (Lipinski definition) is 4. The Balaban J connectivity index is 1.64. The van der Waals surface area contributed by atoms with Crippen LogP contribution in [0.25, 0.3) is 0 Å². The summed E-state index contributed by atoms with van der Waals surface area (Å²) in [5, 5.41) is 8.22. The van der Waals surface area contributed by atoms with E-state index >= 15 is 0 Å². The number of nitrogens with zero attached hydrogens (tertiary/aromatic N) is 4. The van der Waals surface area contributed by atoms with Crippen LogP contribution in [0.2, 0.25) is 0 Å². The van der Waals surface area contributed by atoms with E-state index in [1.54, 1.807) is 17.0 Å². The standard InChI is InChI=1S/C16H17FN4O/c1-12-5-6-15(19-18-12)20-7-9-21(10-8-20)16(22)13-3-2-4-14(17)11-13/h2-6,11H,7-10H2,1H3. The lowest BCUT2D eigenvalue weighted by Gasteiger charge is -2.35. The topological polar surface area (TPSA) is 49.3 Å². The van der Waals surface area contributed by atoms with E-state index in [4.69, 9.17) is 0 Å². The zero-order chi connectivity index (χ0) is 15.5. The first-order chi connectivity index (χ1) is 10.6. The lowest BCUT2D eigenvalue weighted by atomic mass is 10.1. The predicted molar refractivity (Wildman–Crippen MR) is 81.3 cm³/mol. The van der Waals surface area contributed by atoms with Gasteiger partial charge in [0, 0.05) is 31.7 Å². The van der Waals surface area contributed by atoms with Crippen LogP contribution >= 0.6 is 0 Å². The van der Waals surface area contributed by atoms with Gasteiger partial charge in [-0.05, 0) is 37.3 Å². The molecule has 1 aromatic heterocycles. The number of rotatable bonds is 2. The summed E-state index contributed by atoms with van der Waals surface area (Å²) in [4.78, 5) is 16.2. The van der Waals surface area contributed by atoms with Gasteiger partial charge in [-0.1, -0.05) is 6.07 Å². The van der Waals surface area contributed by atoms with E-state index < -0.39 is 0 Å². The summed E-state index contributed by atoms with van der Waals surface area (Å²) in [5.41, 5.74) is 1.27. The first-order valence-electron chi connectivity index (χ1n) is 7.23. The highest BCUT2D eigenvalue weighted by molar-refractivity contribution is 5.94. The smallest absolute Gasteiger partial charge is 0.254 e. The second-order valence-electron chi connectivity index (χ2n) is 5.32. The third-order valence-corrected chi connectivity index (χ3v) is 3.75. The first-order valence-corrected chi connectivity index (χ1v) is 7.23. The zero-order valence-electron chi connectivity index (χ0n) is 12.4. The molecule has 0 N–H and O–H groups in total. The molecule has 0 atom stereocenters. The highest BCUT2D eigenvalue weighted by atomic mass is 19.1. The summed E-state index contributed by atoms with van der Waals surface area (Å²) in [5.74, 6) is 0.303. The molecule has 1 aromatic carbocycles. The molecule has 5 nitrogen and oxygen atoms in total. The Bertz CT molecular complexity index is 666. The molecule has 0 bridgehead atoms. The predicted octanol–water partition coefficient (Wildman–Crippen LogP) is 1.89. The summed E-state index contributed by atoms with van der Waals surface area (Å²) >= 11 is 0. The first kappa shape index (κ1) is 14.4. The number of benzene rings is 1. The fraction of sp³-hybridized carbons (Fsp3) is 0.312. The number of hydrogen-bond donors (Lipinski definition) is 0. The van der Waals surface area contributed by atoms with Crippen LogP contribution in [0.5, 0.6) is 0 Å². The van der Waals surface area contributed by atoms with Gasteiger partial charge in [0.1, 0.15) is 5.82 Å². The third kappa shape index (κ3) is 3.05. The maximum atomic E-state index is 13.2. The summed E-state index contributed by atoms with van der Waals surface area (Å²) in [6.07, 6.45) is 0. The molecule has 6 heteroatoms. The number of aromatic nitrogens is 2. The van der Waals surface area contributed by atoms with E-state index in [1.165, 1.54) is 12.1 Å². The molecule has 1 aliphatic rings. The normalized spacial score (nSPS) is 15.0. The van der Waals surface area contributed by atoms with Crippen LogP contribution < -0.4 is 4.90 Å². The number of amides is 1. The van der Waals surface area contributed by atoms with Gasteiger partial charge in [0.2, 0.25) is 0 Å². The van der Waals surface area contributed by atoms with E-state index in [0.717, 1.165) is 11.5 Å². The molecule has 0 radical (unpaired) electrons. The van der Waals surface area contributed by atoms with E-state index in [1.807, 2.05) is 19.1 Å². The highest BCUT2D eigenvalue weighted by Crippen LogP contribution is 2.15. The molecule has 0 unspecified atom stereocenters.